The topological polar surface area (TPSA) is 71.1 Å². The minimum Gasteiger partial charge on any atom is -0.493 e. The van der Waals surface area contributed by atoms with Crippen molar-refractivity contribution in [2.75, 3.05) is 25.7 Å². The van der Waals surface area contributed by atoms with Crippen LogP contribution < -0.4 is 9.47 Å². The van der Waals surface area contributed by atoms with Crippen LogP contribution in [0.4, 0.5) is 0 Å². The van der Waals surface area contributed by atoms with Crippen molar-refractivity contribution in [2.45, 2.75) is 46.1 Å². The number of rotatable bonds is 12. The van der Waals surface area contributed by atoms with E-state index in [2.05, 4.69) is 26.0 Å². The van der Waals surface area contributed by atoms with E-state index in [0.29, 0.717) is 24.2 Å². The van der Waals surface area contributed by atoms with Gasteiger partial charge in [-0.2, -0.15) is 0 Å². The number of hydrogen-bond acceptors (Lipinski definition) is 6. The zero-order chi connectivity index (χ0) is 24.4. The van der Waals surface area contributed by atoms with E-state index in [4.69, 9.17) is 30.5 Å². The summed E-state index contributed by atoms with van der Waals surface area (Å²) in [6, 6.07) is 15.9. The number of halogens is 1. The molecule has 0 aliphatic heterocycles. The third-order valence-electron chi connectivity index (χ3n) is 5.19. The fraction of sp³-hybridized carbons (Fsp3) is 0.462. The number of carbonyl (C=O) groups is 2. The molecule has 0 N–H and O–H groups in total. The van der Waals surface area contributed by atoms with Crippen molar-refractivity contribution in [3.8, 4) is 11.5 Å². The number of benzene rings is 2. The lowest BCUT2D eigenvalue weighted by Crippen LogP contribution is -2.29. The molecule has 2 aromatic carbocycles. The normalized spacial score (nSPS) is 13.0. The van der Waals surface area contributed by atoms with Gasteiger partial charge in [-0.3, -0.25) is 9.59 Å². The largest absolute Gasteiger partial charge is 0.493 e. The second-order valence-electron chi connectivity index (χ2n) is 8.59. The minimum absolute atomic E-state index is 0.0511. The summed E-state index contributed by atoms with van der Waals surface area (Å²) in [6.07, 6.45) is -0.671. The predicted octanol–water partition coefficient (Wildman–Crippen LogP) is 5.14. The van der Waals surface area contributed by atoms with Gasteiger partial charge in [0, 0.05) is 31.1 Å². The molecule has 180 valence electrons. The fourth-order valence-corrected chi connectivity index (χ4v) is 3.22. The highest BCUT2D eigenvalue weighted by atomic mass is 35.5. The van der Waals surface area contributed by atoms with Crippen LogP contribution in [-0.4, -0.2) is 43.7 Å². The molecule has 7 heteroatoms. The van der Waals surface area contributed by atoms with Gasteiger partial charge in [-0.15, -0.1) is 11.6 Å². The maximum absolute atomic E-state index is 11.3. The molecule has 0 saturated heterocycles. The highest BCUT2D eigenvalue weighted by molar-refractivity contribution is 6.18. The quantitative estimate of drug-likeness (QED) is 0.312. The van der Waals surface area contributed by atoms with Crippen molar-refractivity contribution in [1.29, 1.82) is 0 Å². The van der Waals surface area contributed by atoms with E-state index in [9.17, 15) is 9.59 Å². The number of esters is 2. The average molecular weight is 477 g/mol. The van der Waals surface area contributed by atoms with E-state index in [1.807, 2.05) is 43.3 Å². The molecule has 0 unspecified atom stereocenters. The summed E-state index contributed by atoms with van der Waals surface area (Å²) < 4.78 is 21.6. The van der Waals surface area contributed by atoms with Crippen molar-refractivity contribution in [1.82, 2.24) is 0 Å². The Hall–Kier alpha value is -2.73. The van der Waals surface area contributed by atoms with Crippen LogP contribution in [0.1, 0.15) is 45.7 Å². The van der Waals surface area contributed by atoms with E-state index in [0.717, 1.165) is 16.9 Å². The predicted molar refractivity (Wildman–Crippen MR) is 128 cm³/mol. The molecule has 0 amide bonds. The Morgan fingerprint density at radius 3 is 1.73 bits per heavy atom. The van der Waals surface area contributed by atoms with Crippen molar-refractivity contribution >= 4 is 23.5 Å². The van der Waals surface area contributed by atoms with Crippen LogP contribution in [0.2, 0.25) is 0 Å². The summed E-state index contributed by atoms with van der Waals surface area (Å²) in [5.41, 5.74) is 2.05. The lowest BCUT2D eigenvalue weighted by molar-refractivity contribution is -0.158. The fourth-order valence-electron chi connectivity index (χ4n) is 3.14. The minimum atomic E-state index is -0.671. The number of hydrogen-bond donors (Lipinski definition) is 0. The molecule has 0 saturated carbocycles. The SMILES string of the molecule is CC(=O)OC[C@@H](COc1ccc(C(C)(C)c2ccc(OC[C@@H](C)CCl)cc2)cc1)OC(C)=O. The molecular weight excluding hydrogens is 444 g/mol. The molecule has 0 aliphatic carbocycles. The third-order valence-corrected chi connectivity index (χ3v) is 5.72. The number of alkyl halides is 1. The summed E-state index contributed by atoms with van der Waals surface area (Å²) in [7, 11) is 0. The van der Waals surface area contributed by atoms with Crippen LogP contribution in [0.5, 0.6) is 11.5 Å². The van der Waals surface area contributed by atoms with Gasteiger partial charge in [0.1, 0.15) is 24.7 Å². The van der Waals surface area contributed by atoms with Gasteiger partial charge in [0.05, 0.1) is 6.61 Å². The second-order valence-corrected chi connectivity index (χ2v) is 8.90. The van der Waals surface area contributed by atoms with Gasteiger partial charge in [0.15, 0.2) is 6.10 Å². The van der Waals surface area contributed by atoms with Crippen LogP contribution in [0.25, 0.3) is 0 Å². The first-order valence-electron chi connectivity index (χ1n) is 10.9. The maximum Gasteiger partial charge on any atom is 0.303 e. The van der Waals surface area contributed by atoms with Crippen LogP contribution in [0.15, 0.2) is 48.5 Å². The molecule has 0 aromatic heterocycles. The summed E-state index contributed by atoms with van der Waals surface area (Å²) >= 11 is 5.84. The lowest BCUT2D eigenvalue weighted by atomic mass is 9.78. The Labute approximate surface area is 201 Å². The number of carbonyl (C=O) groups excluding carboxylic acids is 2. The lowest BCUT2D eigenvalue weighted by Gasteiger charge is -2.26. The molecule has 0 heterocycles. The van der Waals surface area contributed by atoms with E-state index < -0.39 is 18.0 Å². The van der Waals surface area contributed by atoms with Crippen molar-refractivity contribution in [3.63, 3.8) is 0 Å². The van der Waals surface area contributed by atoms with Gasteiger partial charge in [0.25, 0.3) is 0 Å². The van der Waals surface area contributed by atoms with Gasteiger partial charge in [-0.05, 0) is 35.4 Å². The molecule has 33 heavy (non-hydrogen) atoms. The summed E-state index contributed by atoms with van der Waals surface area (Å²) in [5, 5.41) is 0. The summed E-state index contributed by atoms with van der Waals surface area (Å²) in [6.45, 7) is 9.59. The smallest absolute Gasteiger partial charge is 0.303 e. The maximum atomic E-state index is 11.3. The van der Waals surface area contributed by atoms with E-state index >= 15 is 0 Å². The van der Waals surface area contributed by atoms with Gasteiger partial charge in [-0.25, -0.2) is 0 Å². The first kappa shape index (κ1) is 26.5. The van der Waals surface area contributed by atoms with Gasteiger partial charge < -0.3 is 18.9 Å². The van der Waals surface area contributed by atoms with Gasteiger partial charge in [0.2, 0.25) is 0 Å². The van der Waals surface area contributed by atoms with Crippen molar-refractivity contribution in [2.24, 2.45) is 5.92 Å². The number of ether oxygens (including phenoxy) is 4. The first-order chi connectivity index (χ1) is 15.6. The molecular formula is C26H33ClO6. The van der Waals surface area contributed by atoms with Crippen molar-refractivity contribution in [3.05, 3.63) is 59.7 Å². The highest BCUT2D eigenvalue weighted by Crippen LogP contribution is 2.33. The van der Waals surface area contributed by atoms with E-state index in [-0.39, 0.29) is 18.6 Å². The van der Waals surface area contributed by atoms with E-state index in [1.165, 1.54) is 13.8 Å². The first-order valence-corrected chi connectivity index (χ1v) is 11.5. The van der Waals surface area contributed by atoms with Crippen LogP contribution in [0, 0.1) is 5.92 Å². The molecule has 0 aliphatic rings. The van der Waals surface area contributed by atoms with Crippen LogP contribution in [0.3, 0.4) is 0 Å². The molecule has 0 bridgehead atoms. The van der Waals surface area contributed by atoms with Crippen molar-refractivity contribution < 1.29 is 28.5 Å². The Kier molecular flexibility index (Phi) is 10.0. The molecule has 0 spiro atoms. The molecule has 0 radical (unpaired) electrons. The highest BCUT2D eigenvalue weighted by Gasteiger charge is 2.23. The van der Waals surface area contributed by atoms with Crippen LogP contribution >= 0.6 is 11.6 Å². The van der Waals surface area contributed by atoms with Gasteiger partial charge >= 0.3 is 11.9 Å². The molecule has 2 rings (SSSR count). The Balaban J connectivity index is 2.00. The zero-order valence-corrected chi connectivity index (χ0v) is 20.7. The molecule has 6 nitrogen and oxygen atoms in total. The standard InChI is InChI=1S/C26H33ClO6/c1-18(14-27)15-31-23-10-6-21(7-11-23)26(4,5)22-8-12-24(13-9-22)32-17-25(33-20(3)29)16-30-19(2)28/h6-13,18,25H,14-17H2,1-5H3/t18-,25-/m0/s1. The monoisotopic (exact) mass is 476 g/mol. The Morgan fingerprint density at radius 2 is 1.30 bits per heavy atom. The Bertz CT molecular complexity index is 892. The van der Waals surface area contributed by atoms with Crippen LogP contribution in [-0.2, 0) is 24.5 Å². The zero-order valence-electron chi connectivity index (χ0n) is 19.9. The van der Waals surface area contributed by atoms with Gasteiger partial charge in [-0.1, -0.05) is 45.0 Å². The van der Waals surface area contributed by atoms with E-state index in [1.54, 1.807) is 0 Å². The third kappa shape index (κ3) is 8.61. The Morgan fingerprint density at radius 1 is 0.818 bits per heavy atom. The molecule has 2 atom stereocenters. The molecule has 0 fully saturated rings. The average Bonchev–Trinajstić information content (AvgIpc) is 2.79. The summed E-state index contributed by atoms with van der Waals surface area (Å²) in [5.74, 6) is 1.43. The second kappa shape index (κ2) is 12.5. The molecule has 2 aromatic rings. The summed E-state index contributed by atoms with van der Waals surface area (Å²) in [4.78, 5) is 22.3.